The first-order valence-electron chi connectivity index (χ1n) is 5.91. The number of carbonyl (C=O) groups is 1. The van der Waals surface area contributed by atoms with Crippen LogP contribution in [0, 0.1) is 0 Å². The number of benzene rings is 1. The number of methoxy groups -OCH3 is 2. The second-order valence-corrected chi connectivity index (χ2v) is 3.78. The normalized spacial score (nSPS) is 12.2. The van der Waals surface area contributed by atoms with Gasteiger partial charge in [-0.25, -0.2) is 4.79 Å². The summed E-state index contributed by atoms with van der Waals surface area (Å²) in [6.07, 6.45) is 3.02. The minimum atomic E-state index is -0.841. The first-order chi connectivity index (χ1) is 9.15. The summed E-state index contributed by atoms with van der Waals surface area (Å²) >= 11 is 0. The molecule has 5 nitrogen and oxygen atoms in total. The van der Waals surface area contributed by atoms with Crippen LogP contribution in [0.2, 0.25) is 0 Å². The van der Waals surface area contributed by atoms with E-state index in [1.165, 1.54) is 14.2 Å². The van der Waals surface area contributed by atoms with Gasteiger partial charge in [0, 0.05) is 6.54 Å². The fourth-order valence-corrected chi connectivity index (χ4v) is 1.55. The number of nitrogens with two attached hydrogens (primary N) is 1. The quantitative estimate of drug-likeness (QED) is 0.791. The minimum Gasteiger partial charge on any atom is -0.493 e. The molecule has 0 saturated carbocycles. The fourth-order valence-electron chi connectivity index (χ4n) is 1.55. The maximum absolute atomic E-state index is 11.4. The molecular weight excluding hydrogens is 246 g/mol. The molecule has 0 aliphatic carbocycles. The van der Waals surface area contributed by atoms with Crippen molar-refractivity contribution in [2.75, 3.05) is 20.8 Å². The summed E-state index contributed by atoms with van der Waals surface area (Å²) in [7, 11) is 2.83. The Morgan fingerprint density at radius 1 is 1.37 bits per heavy atom. The van der Waals surface area contributed by atoms with Crippen LogP contribution in [0.3, 0.4) is 0 Å². The third-order valence-corrected chi connectivity index (χ3v) is 2.49. The van der Waals surface area contributed by atoms with E-state index in [4.69, 9.17) is 15.2 Å². The van der Waals surface area contributed by atoms with Crippen LogP contribution in [0.25, 0.3) is 6.08 Å². The number of rotatable bonds is 6. The van der Waals surface area contributed by atoms with E-state index in [1.807, 2.05) is 31.2 Å². The molecule has 1 rings (SSSR count). The molecule has 0 saturated heterocycles. The smallest absolute Gasteiger partial charge is 0.348 e. The highest BCUT2D eigenvalue weighted by Gasteiger charge is 2.20. The van der Waals surface area contributed by atoms with Crippen LogP contribution >= 0.6 is 0 Å². The predicted molar refractivity (Wildman–Crippen MR) is 73.2 cm³/mol. The third-order valence-electron chi connectivity index (χ3n) is 2.49. The number of ether oxygens (including phenoxy) is 3. The first-order valence-corrected chi connectivity index (χ1v) is 5.91. The van der Waals surface area contributed by atoms with E-state index in [0.29, 0.717) is 11.5 Å². The van der Waals surface area contributed by atoms with Gasteiger partial charge in [0.25, 0.3) is 0 Å². The second-order valence-electron chi connectivity index (χ2n) is 3.78. The lowest BCUT2D eigenvalue weighted by atomic mass is 10.2. The molecule has 0 bridgehead atoms. The van der Waals surface area contributed by atoms with Gasteiger partial charge >= 0.3 is 5.97 Å². The minimum absolute atomic E-state index is 0.0342. The molecule has 5 heteroatoms. The highest BCUT2D eigenvalue weighted by atomic mass is 16.6. The Kier molecular flexibility index (Phi) is 5.89. The van der Waals surface area contributed by atoms with Gasteiger partial charge in [-0.05, 0) is 24.6 Å². The highest BCUT2D eigenvalue weighted by molar-refractivity contribution is 5.75. The van der Waals surface area contributed by atoms with Gasteiger partial charge in [0.2, 0.25) is 6.10 Å². The molecule has 0 aliphatic rings. The molecule has 2 N–H and O–H groups in total. The lowest BCUT2D eigenvalue weighted by molar-refractivity contribution is -0.148. The number of carbonyl (C=O) groups excluding carboxylic acids is 1. The van der Waals surface area contributed by atoms with Gasteiger partial charge in [0.05, 0.1) is 14.2 Å². The van der Waals surface area contributed by atoms with Crippen molar-refractivity contribution in [3.05, 3.63) is 29.8 Å². The molecule has 0 spiro atoms. The summed E-state index contributed by atoms with van der Waals surface area (Å²) in [4.78, 5) is 11.4. The van der Waals surface area contributed by atoms with Crippen molar-refractivity contribution in [2.24, 2.45) is 5.73 Å². The van der Waals surface area contributed by atoms with Gasteiger partial charge in [0.1, 0.15) is 0 Å². The van der Waals surface area contributed by atoms with E-state index in [-0.39, 0.29) is 6.54 Å². The van der Waals surface area contributed by atoms with Gasteiger partial charge in [-0.2, -0.15) is 0 Å². The number of hydrogen-bond donors (Lipinski definition) is 1. The van der Waals surface area contributed by atoms with E-state index in [1.54, 1.807) is 6.07 Å². The molecule has 0 fully saturated rings. The molecule has 0 amide bonds. The van der Waals surface area contributed by atoms with E-state index in [2.05, 4.69) is 4.74 Å². The highest BCUT2D eigenvalue weighted by Crippen LogP contribution is 2.29. The molecule has 0 aliphatic heterocycles. The van der Waals surface area contributed by atoms with Crippen LogP contribution in [0.1, 0.15) is 12.5 Å². The van der Waals surface area contributed by atoms with Gasteiger partial charge in [0.15, 0.2) is 11.5 Å². The lowest BCUT2D eigenvalue weighted by Gasteiger charge is -2.17. The fraction of sp³-hybridized carbons (Fsp3) is 0.357. The monoisotopic (exact) mass is 265 g/mol. The summed E-state index contributed by atoms with van der Waals surface area (Å²) in [5.41, 5.74) is 6.47. The van der Waals surface area contributed by atoms with Crippen molar-refractivity contribution in [2.45, 2.75) is 13.0 Å². The van der Waals surface area contributed by atoms with Crippen LogP contribution in [-0.2, 0) is 9.53 Å². The molecule has 104 valence electrons. The van der Waals surface area contributed by atoms with Crippen LogP contribution in [0.4, 0.5) is 0 Å². The Balaban J connectivity index is 2.96. The number of allylic oxidation sites excluding steroid dienone is 1. The molecule has 0 radical (unpaired) electrons. The summed E-state index contributed by atoms with van der Waals surface area (Å²) < 4.78 is 15.4. The van der Waals surface area contributed by atoms with E-state index < -0.39 is 12.1 Å². The zero-order valence-corrected chi connectivity index (χ0v) is 11.4. The largest absolute Gasteiger partial charge is 0.493 e. The topological polar surface area (TPSA) is 70.8 Å². The van der Waals surface area contributed by atoms with Gasteiger partial charge < -0.3 is 19.9 Å². The average molecular weight is 265 g/mol. The van der Waals surface area contributed by atoms with Gasteiger partial charge in [-0.1, -0.05) is 18.2 Å². The van der Waals surface area contributed by atoms with Crippen LogP contribution in [0.5, 0.6) is 11.5 Å². The van der Waals surface area contributed by atoms with Crippen molar-refractivity contribution in [1.29, 1.82) is 0 Å². The van der Waals surface area contributed by atoms with Crippen molar-refractivity contribution in [1.82, 2.24) is 0 Å². The lowest BCUT2D eigenvalue weighted by Crippen LogP contribution is -2.36. The maximum Gasteiger partial charge on any atom is 0.348 e. The van der Waals surface area contributed by atoms with Gasteiger partial charge in [-0.15, -0.1) is 0 Å². The van der Waals surface area contributed by atoms with Crippen molar-refractivity contribution in [3.8, 4) is 11.5 Å². The summed E-state index contributed by atoms with van der Waals surface area (Å²) in [5.74, 6) is 0.483. The van der Waals surface area contributed by atoms with Crippen LogP contribution < -0.4 is 15.2 Å². The Bertz CT molecular complexity index is 457. The molecule has 19 heavy (non-hydrogen) atoms. The Morgan fingerprint density at radius 3 is 2.63 bits per heavy atom. The number of esters is 1. The Labute approximate surface area is 113 Å². The Hall–Kier alpha value is -2.01. The second kappa shape index (κ2) is 7.43. The summed E-state index contributed by atoms with van der Waals surface area (Å²) in [6, 6.07) is 5.42. The SMILES string of the molecule is C/C=C/c1ccc(OC(CN)C(=O)OC)c(OC)c1. The zero-order valence-electron chi connectivity index (χ0n) is 11.4. The van der Waals surface area contributed by atoms with E-state index in [9.17, 15) is 4.79 Å². The van der Waals surface area contributed by atoms with Crippen LogP contribution in [0.15, 0.2) is 24.3 Å². The molecule has 1 aromatic carbocycles. The van der Waals surface area contributed by atoms with Crippen molar-refractivity contribution < 1.29 is 19.0 Å². The molecular formula is C14H19NO4. The zero-order chi connectivity index (χ0) is 14.3. The maximum atomic E-state index is 11.4. The summed E-state index contributed by atoms with van der Waals surface area (Å²) in [5, 5.41) is 0. The van der Waals surface area contributed by atoms with E-state index >= 15 is 0 Å². The first kappa shape index (κ1) is 15.0. The third kappa shape index (κ3) is 3.99. The average Bonchev–Trinajstić information content (AvgIpc) is 2.45. The van der Waals surface area contributed by atoms with Crippen molar-refractivity contribution >= 4 is 12.0 Å². The molecule has 0 aromatic heterocycles. The van der Waals surface area contributed by atoms with Crippen LogP contribution in [-0.4, -0.2) is 32.8 Å². The molecule has 1 aromatic rings. The standard InChI is InChI=1S/C14H19NO4/c1-4-5-10-6-7-11(12(8-10)17-2)19-13(9-15)14(16)18-3/h4-8,13H,9,15H2,1-3H3/b5-4+. The van der Waals surface area contributed by atoms with Gasteiger partial charge in [-0.3, -0.25) is 0 Å². The summed E-state index contributed by atoms with van der Waals surface area (Å²) in [6.45, 7) is 1.96. The molecule has 1 unspecified atom stereocenters. The van der Waals surface area contributed by atoms with Crippen molar-refractivity contribution in [3.63, 3.8) is 0 Å². The Morgan fingerprint density at radius 2 is 2.11 bits per heavy atom. The predicted octanol–water partition coefficient (Wildman–Crippen LogP) is 1.61. The molecule has 0 heterocycles. The molecule has 1 atom stereocenters. The number of hydrogen-bond acceptors (Lipinski definition) is 5. The van der Waals surface area contributed by atoms with E-state index in [0.717, 1.165) is 5.56 Å².